The first-order valence-electron chi connectivity index (χ1n) is 6.31. The predicted molar refractivity (Wildman–Crippen MR) is 73.3 cm³/mol. The van der Waals surface area contributed by atoms with Gasteiger partial charge in [0.05, 0.1) is 0 Å². The molecular formula is C14H21ClN2. The molecule has 0 amide bonds. The second-order valence-electron chi connectivity index (χ2n) is 5.20. The molecule has 17 heavy (non-hydrogen) atoms. The summed E-state index contributed by atoms with van der Waals surface area (Å²) in [6, 6.07) is 7.23. The maximum Gasteiger partial charge on any atom is 0.0453 e. The summed E-state index contributed by atoms with van der Waals surface area (Å²) in [5.74, 6) is 0. The number of piperidine rings is 1. The van der Waals surface area contributed by atoms with Gasteiger partial charge < -0.3 is 5.73 Å². The zero-order chi connectivity index (χ0) is 12.4. The zero-order valence-electron chi connectivity index (χ0n) is 10.6. The lowest BCUT2D eigenvalue weighted by atomic mass is 9.98. The molecule has 0 spiro atoms. The molecule has 1 fully saturated rings. The van der Waals surface area contributed by atoms with Crippen molar-refractivity contribution in [2.75, 3.05) is 6.54 Å². The van der Waals surface area contributed by atoms with Crippen LogP contribution in [0.4, 0.5) is 0 Å². The average molecular weight is 253 g/mol. The highest BCUT2D eigenvalue weighted by molar-refractivity contribution is 6.31. The molecule has 1 aromatic carbocycles. The largest absolute Gasteiger partial charge is 0.328 e. The van der Waals surface area contributed by atoms with Crippen molar-refractivity contribution in [3.8, 4) is 0 Å². The van der Waals surface area contributed by atoms with E-state index in [0.29, 0.717) is 12.1 Å². The van der Waals surface area contributed by atoms with Crippen LogP contribution < -0.4 is 5.73 Å². The zero-order valence-corrected chi connectivity index (χ0v) is 11.4. The van der Waals surface area contributed by atoms with E-state index in [1.54, 1.807) is 0 Å². The Kier molecular flexibility index (Phi) is 4.08. The van der Waals surface area contributed by atoms with E-state index in [2.05, 4.69) is 30.9 Å². The van der Waals surface area contributed by atoms with Crippen LogP contribution in [0, 0.1) is 6.92 Å². The van der Waals surface area contributed by atoms with Crippen LogP contribution in [0.3, 0.4) is 0 Å². The molecule has 2 nitrogen and oxygen atoms in total. The fourth-order valence-corrected chi connectivity index (χ4v) is 2.79. The Balaban J connectivity index is 2.05. The monoisotopic (exact) mass is 252 g/mol. The molecule has 0 bridgehead atoms. The molecule has 2 atom stereocenters. The van der Waals surface area contributed by atoms with Crippen molar-refractivity contribution in [2.24, 2.45) is 5.73 Å². The number of nitrogens with two attached hydrogens (primary N) is 1. The summed E-state index contributed by atoms with van der Waals surface area (Å²) in [6.07, 6.45) is 2.18. The van der Waals surface area contributed by atoms with Gasteiger partial charge in [0.1, 0.15) is 0 Å². The molecule has 0 aromatic heterocycles. The standard InChI is InChI=1S/C14H21ClN2/c1-10-3-4-12(14(15)7-10)9-17-6-5-13(16)8-11(17)2/h3-4,7,11,13H,5-6,8-9,16H2,1-2H3. The number of benzene rings is 1. The average Bonchev–Trinajstić information content (AvgIpc) is 2.25. The molecule has 1 aliphatic rings. The van der Waals surface area contributed by atoms with Crippen LogP contribution in [0.2, 0.25) is 5.02 Å². The van der Waals surface area contributed by atoms with Crippen LogP contribution in [0.25, 0.3) is 0 Å². The Morgan fingerprint density at radius 3 is 2.88 bits per heavy atom. The topological polar surface area (TPSA) is 29.3 Å². The van der Waals surface area contributed by atoms with E-state index in [-0.39, 0.29) is 0 Å². The van der Waals surface area contributed by atoms with Crippen LogP contribution in [-0.4, -0.2) is 23.5 Å². The van der Waals surface area contributed by atoms with Crippen LogP contribution in [0.15, 0.2) is 18.2 Å². The third-order valence-corrected chi connectivity index (χ3v) is 3.99. The molecule has 0 radical (unpaired) electrons. The van der Waals surface area contributed by atoms with Crippen LogP contribution in [0.5, 0.6) is 0 Å². The van der Waals surface area contributed by atoms with Gasteiger partial charge in [-0.2, -0.15) is 0 Å². The number of hydrogen-bond donors (Lipinski definition) is 1. The quantitative estimate of drug-likeness (QED) is 0.877. The van der Waals surface area contributed by atoms with E-state index in [1.807, 2.05) is 6.07 Å². The highest BCUT2D eigenvalue weighted by atomic mass is 35.5. The molecule has 1 aromatic rings. The summed E-state index contributed by atoms with van der Waals surface area (Å²) in [6.45, 7) is 6.33. The molecule has 1 saturated heterocycles. The van der Waals surface area contributed by atoms with Gasteiger partial charge in [-0.05, 0) is 43.9 Å². The summed E-state index contributed by atoms with van der Waals surface area (Å²) < 4.78 is 0. The molecule has 94 valence electrons. The van der Waals surface area contributed by atoms with Crippen LogP contribution in [-0.2, 0) is 6.54 Å². The maximum absolute atomic E-state index is 6.27. The molecule has 1 aliphatic heterocycles. The van der Waals surface area contributed by atoms with Gasteiger partial charge in [0, 0.05) is 30.2 Å². The molecule has 2 N–H and O–H groups in total. The molecule has 2 unspecified atom stereocenters. The van der Waals surface area contributed by atoms with Gasteiger partial charge in [-0.15, -0.1) is 0 Å². The van der Waals surface area contributed by atoms with Gasteiger partial charge in [0.25, 0.3) is 0 Å². The first-order valence-corrected chi connectivity index (χ1v) is 6.68. The summed E-state index contributed by atoms with van der Waals surface area (Å²) in [5.41, 5.74) is 8.41. The number of hydrogen-bond acceptors (Lipinski definition) is 2. The van der Waals surface area contributed by atoms with E-state index in [1.165, 1.54) is 11.1 Å². The Morgan fingerprint density at radius 1 is 1.47 bits per heavy atom. The SMILES string of the molecule is Cc1ccc(CN2CCC(N)CC2C)c(Cl)c1. The van der Waals surface area contributed by atoms with Crippen molar-refractivity contribution in [2.45, 2.75) is 45.3 Å². The summed E-state index contributed by atoms with van der Waals surface area (Å²) >= 11 is 6.27. The number of rotatable bonds is 2. The number of likely N-dealkylation sites (tertiary alicyclic amines) is 1. The minimum atomic E-state index is 0.370. The lowest BCUT2D eigenvalue weighted by molar-refractivity contribution is 0.140. The van der Waals surface area contributed by atoms with Gasteiger partial charge in [-0.1, -0.05) is 23.7 Å². The van der Waals surface area contributed by atoms with E-state index in [9.17, 15) is 0 Å². The minimum absolute atomic E-state index is 0.370. The third-order valence-electron chi connectivity index (χ3n) is 3.64. The van der Waals surface area contributed by atoms with Gasteiger partial charge >= 0.3 is 0 Å². The fourth-order valence-electron chi connectivity index (χ4n) is 2.49. The molecule has 1 heterocycles. The van der Waals surface area contributed by atoms with Crippen molar-refractivity contribution in [1.29, 1.82) is 0 Å². The second kappa shape index (κ2) is 5.38. The number of nitrogens with zero attached hydrogens (tertiary/aromatic N) is 1. The maximum atomic E-state index is 6.27. The van der Waals surface area contributed by atoms with Crippen LogP contribution >= 0.6 is 11.6 Å². The number of aryl methyl sites for hydroxylation is 1. The molecule has 0 aliphatic carbocycles. The van der Waals surface area contributed by atoms with Gasteiger partial charge in [0.2, 0.25) is 0 Å². The van der Waals surface area contributed by atoms with Gasteiger partial charge in [-0.3, -0.25) is 4.90 Å². The Hall–Kier alpha value is -0.570. The summed E-state index contributed by atoms with van der Waals surface area (Å²) in [4.78, 5) is 2.47. The minimum Gasteiger partial charge on any atom is -0.328 e. The van der Waals surface area contributed by atoms with Crippen molar-refractivity contribution >= 4 is 11.6 Å². The summed E-state index contributed by atoms with van der Waals surface area (Å²) in [7, 11) is 0. The smallest absolute Gasteiger partial charge is 0.0453 e. The normalized spacial score (nSPS) is 26.1. The fraction of sp³-hybridized carbons (Fsp3) is 0.571. The van der Waals surface area contributed by atoms with Crippen molar-refractivity contribution < 1.29 is 0 Å². The van der Waals surface area contributed by atoms with Crippen molar-refractivity contribution in [3.63, 3.8) is 0 Å². The predicted octanol–water partition coefficient (Wildman–Crippen LogP) is 2.96. The van der Waals surface area contributed by atoms with Gasteiger partial charge in [0.15, 0.2) is 0 Å². The highest BCUT2D eigenvalue weighted by Gasteiger charge is 2.23. The molecule has 0 saturated carbocycles. The van der Waals surface area contributed by atoms with E-state index < -0.39 is 0 Å². The lowest BCUT2D eigenvalue weighted by Crippen LogP contribution is -2.44. The van der Waals surface area contributed by atoms with E-state index >= 15 is 0 Å². The lowest BCUT2D eigenvalue weighted by Gasteiger charge is -2.36. The highest BCUT2D eigenvalue weighted by Crippen LogP contribution is 2.23. The van der Waals surface area contributed by atoms with Crippen LogP contribution in [0.1, 0.15) is 30.9 Å². The molecule has 3 heteroatoms. The third kappa shape index (κ3) is 3.21. The number of halogens is 1. The van der Waals surface area contributed by atoms with Gasteiger partial charge in [-0.25, -0.2) is 0 Å². The Bertz CT molecular complexity index is 392. The Morgan fingerprint density at radius 2 is 2.24 bits per heavy atom. The molecule has 2 rings (SSSR count). The first kappa shape index (κ1) is 12.9. The van der Waals surface area contributed by atoms with E-state index in [0.717, 1.165) is 31.0 Å². The van der Waals surface area contributed by atoms with Crippen molar-refractivity contribution in [3.05, 3.63) is 34.3 Å². The second-order valence-corrected chi connectivity index (χ2v) is 5.61. The first-order chi connectivity index (χ1) is 8.06. The summed E-state index contributed by atoms with van der Waals surface area (Å²) in [5, 5.41) is 0.882. The molecular weight excluding hydrogens is 232 g/mol. The Labute approximate surface area is 109 Å². The van der Waals surface area contributed by atoms with Crippen molar-refractivity contribution in [1.82, 2.24) is 4.90 Å². The van der Waals surface area contributed by atoms with E-state index in [4.69, 9.17) is 17.3 Å².